The van der Waals surface area contributed by atoms with Crippen molar-refractivity contribution >= 4 is 22.3 Å². The minimum atomic E-state index is -0.389. The average molecular weight is 401 g/mol. The van der Waals surface area contributed by atoms with E-state index in [9.17, 15) is 4.79 Å². The van der Waals surface area contributed by atoms with Crippen LogP contribution in [0.4, 0.5) is 11.4 Å². The average Bonchev–Trinajstić information content (AvgIpc) is 2.75. The van der Waals surface area contributed by atoms with E-state index in [2.05, 4.69) is 5.32 Å². The molecule has 5 nitrogen and oxygen atoms in total. The second-order valence-electron chi connectivity index (χ2n) is 7.16. The summed E-state index contributed by atoms with van der Waals surface area (Å²) in [6.07, 6.45) is 0. The van der Waals surface area contributed by atoms with E-state index in [1.54, 1.807) is 26.4 Å². The molecule has 1 aromatic heterocycles. The van der Waals surface area contributed by atoms with E-state index < -0.39 is 0 Å². The van der Waals surface area contributed by atoms with Crippen LogP contribution in [0.2, 0.25) is 0 Å². The van der Waals surface area contributed by atoms with Crippen molar-refractivity contribution in [3.63, 3.8) is 0 Å². The molecule has 1 heterocycles. The molecule has 3 aromatic carbocycles. The van der Waals surface area contributed by atoms with E-state index >= 15 is 0 Å². The maximum Gasteiger partial charge on any atom is 0.344 e. The van der Waals surface area contributed by atoms with Crippen LogP contribution < -0.4 is 20.4 Å². The number of hydrogen-bond acceptors (Lipinski definition) is 5. The molecule has 0 saturated heterocycles. The highest BCUT2D eigenvalue weighted by atomic mass is 16.5. The molecule has 0 aliphatic carbocycles. The minimum absolute atomic E-state index is 0.389. The molecule has 30 heavy (non-hydrogen) atoms. The Morgan fingerprint density at radius 1 is 0.800 bits per heavy atom. The van der Waals surface area contributed by atoms with E-state index in [0.717, 1.165) is 27.9 Å². The van der Waals surface area contributed by atoms with Crippen molar-refractivity contribution in [1.29, 1.82) is 0 Å². The maximum absolute atomic E-state index is 12.9. The van der Waals surface area contributed by atoms with Gasteiger partial charge < -0.3 is 19.2 Å². The van der Waals surface area contributed by atoms with E-state index in [4.69, 9.17) is 13.9 Å². The zero-order valence-electron chi connectivity index (χ0n) is 17.4. The molecule has 0 bridgehead atoms. The standard InChI is InChI=1S/C25H23NO4/c1-15-5-8-18(9-6-15)26-19-10-11-20-16(2)24(25(27)30-22(20)14-19)17-7-12-21(28-3)23(13-17)29-4/h5-14,26H,1-4H3. The van der Waals surface area contributed by atoms with Gasteiger partial charge in [0.25, 0.3) is 0 Å². The van der Waals surface area contributed by atoms with E-state index in [1.165, 1.54) is 5.56 Å². The lowest BCUT2D eigenvalue weighted by atomic mass is 9.99. The van der Waals surface area contributed by atoms with Crippen molar-refractivity contribution in [1.82, 2.24) is 0 Å². The predicted octanol–water partition coefficient (Wildman–Crippen LogP) is 5.84. The first kappa shape index (κ1) is 19.6. The van der Waals surface area contributed by atoms with Crippen molar-refractivity contribution in [3.05, 3.63) is 82.2 Å². The Hall–Kier alpha value is -3.73. The number of ether oxygens (including phenoxy) is 2. The summed E-state index contributed by atoms with van der Waals surface area (Å²) in [6.45, 7) is 3.98. The Labute approximate surface area is 174 Å². The van der Waals surface area contributed by atoms with Gasteiger partial charge in [0, 0.05) is 22.8 Å². The van der Waals surface area contributed by atoms with Crippen LogP contribution in [0.15, 0.2) is 69.9 Å². The molecule has 0 atom stereocenters. The topological polar surface area (TPSA) is 60.7 Å². The number of hydrogen-bond donors (Lipinski definition) is 1. The van der Waals surface area contributed by atoms with E-state index in [1.807, 2.05) is 62.4 Å². The molecule has 4 aromatic rings. The molecule has 0 radical (unpaired) electrons. The summed E-state index contributed by atoms with van der Waals surface area (Å²) in [5, 5.41) is 4.23. The van der Waals surface area contributed by atoms with Crippen LogP contribution in [0.3, 0.4) is 0 Å². The highest BCUT2D eigenvalue weighted by Crippen LogP contribution is 2.34. The summed E-state index contributed by atoms with van der Waals surface area (Å²) in [4.78, 5) is 12.9. The molecule has 152 valence electrons. The molecule has 0 amide bonds. The van der Waals surface area contributed by atoms with Crippen LogP contribution in [-0.2, 0) is 0 Å². The first-order chi connectivity index (χ1) is 14.5. The number of nitrogens with one attached hydrogen (secondary N) is 1. The monoisotopic (exact) mass is 401 g/mol. The first-order valence-electron chi connectivity index (χ1n) is 9.63. The third-order valence-electron chi connectivity index (χ3n) is 5.18. The lowest BCUT2D eigenvalue weighted by Gasteiger charge is -2.13. The summed E-state index contributed by atoms with van der Waals surface area (Å²) in [7, 11) is 3.15. The first-order valence-corrected chi connectivity index (χ1v) is 9.63. The smallest absolute Gasteiger partial charge is 0.344 e. The second-order valence-corrected chi connectivity index (χ2v) is 7.16. The Morgan fingerprint density at radius 2 is 1.50 bits per heavy atom. The summed E-state index contributed by atoms with van der Waals surface area (Å²) < 4.78 is 16.4. The van der Waals surface area contributed by atoms with Gasteiger partial charge in [0.15, 0.2) is 11.5 Å². The maximum atomic E-state index is 12.9. The fraction of sp³-hybridized carbons (Fsp3) is 0.160. The van der Waals surface area contributed by atoms with Crippen LogP contribution in [0.1, 0.15) is 11.1 Å². The molecule has 0 saturated carbocycles. The summed E-state index contributed by atoms with van der Waals surface area (Å²) in [6, 6.07) is 19.3. The van der Waals surface area contributed by atoms with Gasteiger partial charge in [-0.25, -0.2) is 4.79 Å². The van der Waals surface area contributed by atoms with Gasteiger partial charge in [-0.05, 0) is 61.4 Å². The van der Waals surface area contributed by atoms with Gasteiger partial charge in [-0.2, -0.15) is 0 Å². The van der Waals surface area contributed by atoms with Crippen molar-refractivity contribution in [3.8, 4) is 22.6 Å². The van der Waals surface area contributed by atoms with Gasteiger partial charge in [0.2, 0.25) is 0 Å². The van der Waals surface area contributed by atoms with Crippen LogP contribution in [0.25, 0.3) is 22.1 Å². The van der Waals surface area contributed by atoms with Crippen LogP contribution in [-0.4, -0.2) is 14.2 Å². The molecule has 0 fully saturated rings. The number of benzene rings is 3. The zero-order chi connectivity index (χ0) is 21.3. The van der Waals surface area contributed by atoms with Crippen molar-refractivity contribution in [2.75, 3.05) is 19.5 Å². The van der Waals surface area contributed by atoms with Gasteiger partial charge in [-0.15, -0.1) is 0 Å². The van der Waals surface area contributed by atoms with Crippen LogP contribution >= 0.6 is 0 Å². The molecule has 0 unspecified atom stereocenters. The zero-order valence-corrected chi connectivity index (χ0v) is 17.4. The van der Waals surface area contributed by atoms with Crippen molar-refractivity contribution in [2.24, 2.45) is 0 Å². The van der Waals surface area contributed by atoms with E-state index in [0.29, 0.717) is 22.6 Å². The third kappa shape index (κ3) is 3.62. The van der Waals surface area contributed by atoms with Gasteiger partial charge in [0.05, 0.1) is 19.8 Å². The summed E-state index contributed by atoms with van der Waals surface area (Å²) in [5.74, 6) is 1.17. The van der Waals surface area contributed by atoms with Gasteiger partial charge in [-0.3, -0.25) is 0 Å². The fourth-order valence-electron chi connectivity index (χ4n) is 3.56. The molecule has 0 spiro atoms. The van der Waals surface area contributed by atoms with Gasteiger partial charge in [0.1, 0.15) is 5.58 Å². The molecular weight excluding hydrogens is 378 g/mol. The second kappa shape index (κ2) is 7.95. The van der Waals surface area contributed by atoms with Crippen molar-refractivity contribution < 1.29 is 13.9 Å². The molecule has 4 rings (SSSR count). The largest absolute Gasteiger partial charge is 0.493 e. The minimum Gasteiger partial charge on any atom is -0.493 e. The Balaban J connectivity index is 1.77. The molecule has 5 heteroatoms. The van der Waals surface area contributed by atoms with Crippen LogP contribution in [0, 0.1) is 13.8 Å². The number of anilines is 2. The molecule has 0 aliphatic heterocycles. The summed E-state index contributed by atoms with van der Waals surface area (Å²) >= 11 is 0. The normalized spacial score (nSPS) is 10.8. The SMILES string of the molecule is COc1ccc(-c2c(C)c3ccc(Nc4ccc(C)cc4)cc3oc2=O)cc1OC. The predicted molar refractivity (Wildman–Crippen MR) is 120 cm³/mol. The number of fused-ring (bicyclic) bond motifs is 1. The fourth-order valence-corrected chi connectivity index (χ4v) is 3.56. The Morgan fingerprint density at radius 3 is 2.20 bits per heavy atom. The van der Waals surface area contributed by atoms with Gasteiger partial charge in [-0.1, -0.05) is 23.8 Å². The Kier molecular flexibility index (Phi) is 5.19. The lowest BCUT2D eigenvalue weighted by molar-refractivity contribution is 0.355. The van der Waals surface area contributed by atoms with Crippen molar-refractivity contribution in [2.45, 2.75) is 13.8 Å². The number of methoxy groups -OCH3 is 2. The van der Waals surface area contributed by atoms with Crippen LogP contribution in [0.5, 0.6) is 11.5 Å². The molecular formula is C25H23NO4. The number of rotatable bonds is 5. The van der Waals surface area contributed by atoms with E-state index in [-0.39, 0.29) is 5.63 Å². The third-order valence-corrected chi connectivity index (χ3v) is 5.18. The number of aryl methyl sites for hydroxylation is 2. The van der Waals surface area contributed by atoms with Gasteiger partial charge >= 0.3 is 5.63 Å². The molecule has 0 aliphatic rings. The molecule has 1 N–H and O–H groups in total. The highest BCUT2D eigenvalue weighted by Gasteiger charge is 2.16. The lowest BCUT2D eigenvalue weighted by Crippen LogP contribution is -2.06. The quantitative estimate of drug-likeness (QED) is 0.426. The summed E-state index contributed by atoms with van der Waals surface area (Å²) in [5.41, 5.74) is 5.27. The Bertz CT molecular complexity index is 1270. The highest BCUT2D eigenvalue weighted by molar-refractivity contribution is 5.89.